The molecule has 1 saturated carbocycles. The second kappa shape index (κ2) is 21.0. The Bertz CT molecular complexity index is 3160. The van der Waals surface area contributed by atoms with Gasteiger partial charge in [0.25, 0.3) is 0 Å². The van der Waals surface area contributed by atoms with Crippen molar-refractivity contribution in [3.8, 4) is 23.0 Å². The van der Waals surface area contributed by atoms with E-state index in [2.05, 4.69) is 11.4 Å². The predicted molar refractivity (Wildman–Crippen MR) is 288 cm³/mol. The molecule has 17 heteroatoms. The average Bonchev–Trinajstić information content (AvgIpc) is 3.82. The number of aliphatic hydroxyl groups is 5. The molecule has 4 aliphatic heterocycles. The van der Waals surface area contributed by atoms with Crippen molar-refractivity contribution in [2.45, 2.75) is 148 Å². The number of imidazole rings is 1. The monoisotopic (exact) mass is 1060 g/mol. The number of ketones is 1. The lowest BCUT2D eigenvalue weighted by atomic mass is 9.53. The van der Waals surface area contributed by atoms with Crippen LogP contribution in [-0.2, 0) is 25.5 Å². The van der Waals surface area contributed by atoms with E-state index in [0.717, 1.165) is 16.7 Å². The lowest BCUT2D eigenvalue weighted by Gasteiger charge is -2.61. The number of carbonyl (C=O) groups excluding carboxylic acids is 3. The van der Waals surface area contributed by atoms with E-state index >= 15 is 4.79 Å². The van der Waals surface area contributed by atoms with E-state index in [0.29, 0.717) is 58.0 Å². The summed E-state index contributed by atoms with van der Waals surface area (Å²) in [5.74, 6) is -2.45. The number of rotatable bonds is 15. The Balaban J connectivity index is 1.31. The topological polar surface area (TPSA) is 238 Å². The number of Topliss-reactive ketones (excluding diaryl/α,β-unsaturated/α-hetero) is 1. The molecule has 0 amide bonds. The van der Waals surface area contributed by atoms with Gasteiger partial charge in [-0.1, -0.05) is 69.2 Å². The van der Waals surface area contributed by atoms with Crippen molar-refractivity contribution in [2.75, 3.05) is 19.0 Å². The summed E-state index contributed by atoms with van der Waals surface area (Å²) in [5, 5.41) is 58.8. The molecule has 1 aromatic heterocycles. The molecule has 0 radical (unpaired) electrons. The van der Waals surface area contributed by atoms with Crippen LogP contribution in [0.25, 0.3) is 22.8 Å². The van der Waals surface area contributed by atoms with Gasteiger partial charge in [-0.25, -0.2) is 14.6 Å². The van der Waals surface area contributed by atoms with E-state index in [1.54, 1.807) is 13.8 Å². The van der Waals surface area contributed by atoms with Gasteiger partial charge < -0.3 is 63.8 Å². The molecule has 11 atom stereocenters. The Hall–Kier alpha value is -6.60. The fraction of sp³-hybridized carbons (Fsp3) is 0.467. The smallest absolute Gasteiger partial charge is 0.343 e. The van der Waals surface area contributed by atoms with E-state index < -0.39 is 89.7 Å². The molecule has 3 aromatic carbocycles. The highest BCUT2D eigenvalue weighted by molar-refractivity contribution is 6.03. The Kier molecular flexibility index (Phi) is 15.0. The average molecular weight is 1060 g/mol. The van der Waals surface area contributed by atoms with Gasteiger partial charge in [0.1, 0.15) is 47.3 Å². The molecule has 4 aromatic rings. The molecule has 2 fully saturated rings. The molecule has 6 unspecified atom stereocenters. The van der Waals surface area contributed by atoms with Crippen LogP contribution in [0.15, 0.2) is 95.1 Å². The van der Waals surface area contributed by atoms with Crippen molar-refractivity contribution < 1.29 is 68.3 Å². The zero-order chi connectivity index (χ0) is 55.6. The molecule has 0 bridgehead atoms. The molecule has 410 valence electrons. The van der Waals surface area contributed by atoms with Gasteiger partial charge in [0.2, 0.25) is 12.2 Å². The number of ether oxygens (including phenoxy) is 6. The molecule has 1 aliphatic carbocycles. The van der Waals surface area contributed by atoms with Gasteiger partial charge in [-0.05, 0) is 115 Å². The minimum absolute atomic E-state index is 0.0730. The van der Waals surface area contributed by atoms with Crippen molar-refractivity contribution in [1.82, 2.24) is 9.55 Å². The number of esters is 2. The van der Waals surface area contributed by atoms with Crippen LogP contribution in [0.1, 0.15) is 122 Å². The van der Waals surface area contributed by atoms with Crippen LogP contribution in [0, 0.1) is 17.8 Å². The van der Waals surface area contributed by atoms with E-state index in [1.165, 1.54) is 37.5 Å². The minimum Gasteiger partial charge on any atom is -0.482 e. The van der Waals surface area contributed by atoms with Crippen molar-refractivity contribution in [2.24, 2.45) is 17.8 Å². The molecular formula is C60H71N3O14. The fourth-order valence-corrected chi connectivity index (χ4v) is 11.5. The Morgan fingerprint density at radius 1 is 0.922 bits per heavy atom. The maximum Gasteiger partial charge on any atom is 0.343 e. The number of anilines is 1. The van der Waals surface area contributed by atoms with E-state index in [4.69, 9.17) is 33.4 Å². The SMILES string of the molecule is COC(=O)/C(C)=C\CC1(O)C(=O)C(C)C2C3=C(Nc4nc5ccccc5n42)c2c(OC(=O)c4ccc(O[C@@H]5O[C@H](CO)[C@@H](O)[C@H](O)[C@H]5O)cc4)c4c(c(CC=C(C)C)c2OC31C(C)C(C)C)OC(C)(CCC=C(C)C)C=C4. The maximum atomic E-state index is 15.8. The summed E-state index contributed by atoms with van der Waals surface area (Å²) in [7, 11) is 1.27. The van der Waals surface area contributed by atoms with Gasteiger partial charge in [-0.3, -0.25) is 4.79 Å². The lowest BCUT2D eigenvalue weighted by molar-refractivity contribution is -0.277. The standard InChI is InChI=1S/C60H71N3O14/c1-30(2)15-14-26-58(10)27-25-39-50(76-58)38(23-18-31(3)4)52-43(51(39)75-55(70)36-19-21-37(22-20-36)73-56-49(67)48(66)47(65)42(29-64)74-56)45-44-46(63-41-17-13-12-16-40(41)61-57(63)62-45)34(8)53(68)59(71,28-24-33(7)54(69)72-11)60(44,77-52)35(9)32(5)6/h12-13,15-22,24-25,27,32,34-35,42,46-49,56,64-67,71H,14,23,26,28-29H2,1-11H3,(H,61,62)/b33-24-/t34?,35?,42-,46?,47-,48+,49-,56-,58?,59?,60?/m1/s1. The number of allylic oxidation sites excluding steroid dienone is 4. The van der Waals surface area contributed by atoms with Gasteiger partial charge in [-0.2, -0.15) is 0 Å². The van der Waals surface area contributed by atoms with Crippen LogP contribution in [-0.4, -0.2) is 114 Å². The number of benzene rings is 3. The zero-order valence-electron chi connectivity index (χ0n) is 45.5. The largest absolute Gasteiger partial charge is 0.482 e. The molecule has 77 heavy (non-hydrogen) atoms. The number of methoxy groups -OCH3 is 1. The highest BCUT2D eigenvalue weighted by Crippen LogP contribution is 2.65. The van der Waals surface area contributed by atoms with Crippen LogP contribution in [0.4, 0.5) is 5.95 Å². The summed E-state index contributed by atoms with van der Waals surface area (Å²) in [5.41, 5.74) is 1.09. The fourth-order valence-electron chi connectivity index (χ4n) is 11.5. The van der Waals surface area contributed by atoms with Crippen molar-refractivity contribution in [3.05, 3.63) is 117 Å². The summed E-state index contributed by atoms with van der Waals surface area (Å²) in [6, 6.07) is 12.6. The quantitative estimate of drug-likeness (QED) is 0.0285. The summed E-state index contributed by atoms with van der Waals surface area (Å²) >= 11 is 0. The van der Waals surface area contributed by atoms with Crippen molar-refractivity contribution in [1.29, 1.82) is 0 Å². The lowest BCUT2D eigenvalue weighted by Crippen LogP contribution is -2.74. The van der Waals surface area contributed by atoms with Crippen molar-refractivity contribution >= 4 is 46.5 Å². The zero-order valence-corrected chi connectivity index (χ0v) is 45.5. The third-order valence-corrected chi connectivity index (χ3v) is 16.1. The first-order valence-corrected chi connectivity index (χ1v) is 26.4. The summed E-state index contributed by atoms with van der Waals surface area (Å²) in [6.45, 7) is 18.7. The van der Waals surface area contributed by atoms with Crippen molar-refractivity contribution in [3.63, 3.8) is 0 Å². The molecule has 17 nitrogen and oxygen atoms in total. The molecule has 5 aliphatic rings. The molecule has 0 spiro atoms. The summed E-state index contributed by atoms with van der Waals surface area (Å²) in [4.78, 5) is 48.9. The second-order valence-corrected chi connectivity index (χ2v) is 22.2. The van der Waals surface area contributed by atoms with Gasteiger partial charge in [0, 0.05) is 35.0 Å². The number of para-hydroxylation sites is 2. The van der Waals surface area contributed by atoms with Crippen LogP contribution < -0.4 is 24.3 Å². The van der Waals surface area contributed by atoms with Gasteiger partial charge in [0.05, 0.1) is 53.2 Å². The Morgan fingerprint density at radius 3 is 2.29 bits per heavy atom. The number of fused-ring (bicyclic) bond motifs is 7. The molecule has 1 saturated heterocycles. The normalized spacial score (nSPS) is 28.5. The summed E-state index contributed by atoms with van der Waals surface area (Å²) < 4.78 is 40.3. The van der Waals surface area contributed by atoms with Gasteiger partial charge >= 0.3 is 11.9 Å². The maximum absolute atomic E-state index is 15.8. The molecular weight excluding hydrogens is 987 g/mol. The minimum atomic E-state index is -2.32. The highest BCUT2D eigenvalue weighted by Gasteiger charge is 2.72. The first-order valence-electron chi connectivity index (χ1n) is 26.4. The Labute approximate surface area is 448 Å². The number of hydrogen-bond donors (Lipinski definition) is 6. The highest BCUT2D eigenvalue weighted by atomic mass is 16.7. The third-order valence-electron chi connectivity index (χ3n) is 16.1. The van der Waals surface area contributed by atoms with E-state index in [9.17, 15) is 35.1 Å². The summed E-state index contributed by atoms with van der Waals surface area (Å²) in [6.07, 6.45) is 3.26. The molecule has 5 heterocycles. The third kappa shape index (κ3) is 9.37. The van der Waals surface area contributed by atoms with E-state index in [1.807, 2.05) is 102 Å². The second-order valence-electron chi connectivity index (χ2n) is 22.2. The number of nitrogens with one attached hydrogen (secondary N) is 1. The number of hydrogen-bond acceptors (Lipinski definition) is 16. The first-order chi connectivity index (χ1) is 36.5. The van der Waals surface area contributed by atoms with Crippen LogP contribution in [0.5, 0.6) is 23.0 Å². The van der Waals surface area contributed by atoms with Crippen LogP contribution in [0.2, 0.25) is 0 Å². The first kappa shape index (κ1) is 55.2. The Morgan fingerprint density at radius 2 is 1.62 bits per heavy atom. The number of aliphatic hydroxyl groups excluding tert-OH is 4. The van der Waals surface area contributed by atoms with E-state index in [-0.39, 0.29) is 47.1 Å². The van der Waals surface area contributed by atoms with Gasteiger partial charge in [0.15, 0.2) is 22.7 Å². The molecule has 6 N–H and O–H groups in total. The number of carbonyl (C=O) groups is 3. The molecule has 9 rings (SSSR count). The van der Waals surface area contributed by atoms with Crippen LogP contribution in [0.3, 0.4) is 0 Å². The predicted octanol–water partition coefficient (Wildman–Crippen LogP) is 8.11. The number of nitrogens with zero attached hydrogens (tertiary/aromatic N) is 2. The van der Waals surface area contributed by atoms with Crippen LogP contribution >= 0.6 is 0 Å². The number of aromatic nitrogens is 2. The van der Waals surface area contributed by atoms with Gasteiger partial charge in [-0.15, -0.1) is 0 Å².